The van der Waals surface area contributed by atoms with Crippen LogP contribution in [0.4, 0.5) is 5.95 Å². The summed E-state index contributed by atoms with van der Waals surface area (Å²) >= 11 is 0. The molecule has 1 aliphatic heterocycles. The van der Waals surface area contributed by atoms with Crippen LogP contribution < -0.4 is 10.6 Å². The topological polar surface area (TPSA) is 80.1 Å². The van der Waals surface area contributed by atoms with Gasteiger partial charge in [-0.25, -0.2) is 0 Å². The van der Waals surface area contributed by atoms with Crippen molar-refractivity contribution in [3.63, 3.8) is 0 Å². The summed E-state index contributed by atoms with van der Waals surface area (Å²) in [5.41, 5.74) is 6.15. The van der Waals surface area contributed by atoms with Crippen LogP contribution in [0.5, 0.6) is 0 Å². The highest BCUT2D eigenvalue weighted by molar-refractivity contribution is 5.30. The third kappa shape index (κ3) is 3.37. The molecule has 3 rings (SSSR count). The predicted molar refractivity (Wildman–Crippen MR) is 82.2 cm³/mol. The normalized spacial score (nSPS) is 33.0. The third-order valence-electron chi connectivity index (χ3n) is 4.90. The number of aromatic amines is 1. The minimum absolute atomic E-state index is 0.222. The largest absolute Gasteiger partial charge is 0.378 e. The van der Waals surface area contributed by atoms with Gasteiger partial charge in [0.05, 0.1) is 6.10 Å². The lowest BCUT2D eigenvalue weighted by molar-refractivity contribution is -0.0245. The summed E-state index contributed by atoms with van der Waals surface area (Å²) in [6.45, 7) is 6.95. The number of nitrogens with two attached hydrogens (primary N) is 1. The van der Waals surface area contributed by atoms with Crippen molar-refractivity contribution in [2.75, 3.05) is 24.6 Å². The van der Waals surface area contributed by atoms with Gasteiger partial charge in [0.15, 0.2) is 0 Å². The van der Waals surface area contributed by atoms with Gasteiger partial charge in [-0.1, -0.05) is 6.92 Å². The summed E-state index contributed by atoms with van der Waals surface area (Å²) in [7, 11) is 0. The van der Waals surface area contributed by atoms with E-state index in [4.69, 9.17) is 10.5 Å². The Balaban J connectivity index is 1.50. The number of hydrogen-bond donors (Lipinski definition) is 2. The molecule has 118 valence electrons. The lowest BCUT2D eigenvalue weighted by Gasteiger charge is -2.34. The second-order valence-corrected chi connectivity index (χ2v) is 6.58. The van der Waals surface area contributed by atoms with Crippen LogP contribution in [-0.2, 0) is 11.2 Å². The van der Waals surface area contributed by atoms with E-state index in [1.165, 1.54) is 0 Å². The fourth-order valence-electron chi connectivity index (χ4n) is 3.29. The van der Waals surface area contributed by atoms with Gasteiger partial charge in [-0.05, 0) is 38.0 Å². The van der Waals surface area contributed by atoms with Gasteiger partial charge in [0, 0.05) is 32.2 Å². The van der Waals surface area contributed by atoms with Crippen LogP contribution in [0.1, 0.15) is 38.9 Å². The van der Waals surface area contributed by atoms with Crippen LogP contribution in [-0.4, -0.2) is 47.0 Å². The molecule has 21 heavy (non-hydrogen) atoms. The minimum atomic E-state index is 0.222. The second-order valence-electron chi connectivity index (χ2n) is 6.58. The number of rotatable bonds is 5. The molecular weight excluding hydrogens is 266 g/mol. The fraction of sp³-hybridized carbons (Fsp3) is 0.867. The molecule has 2 aliphatic rings. The zero-order valence-corrected chi connectivity index (χ0v) is 13.1. The highest BCUT2D eigenvalue weighted by Crippen LogP contribution is 2.32. The van der Waals surface area contributed by atoms with Crippen molar-refractivity contribution in [2.24, 2.45) is 17.6 Å². The van der Waals surface area contributed by atoms with Crippen LogP contribution in [0.2, 0.25) is 0 Å². The molecule has 1 saturated heterocycles. The van der Waals surface area contributed by atoms with Crippen molar-refractivity contribution in [1.82, 2.24) is 15.2 Å². The molecule has 2 fully saturated rings. The van der Waals surface area contributed by atoms with Crippen LogP contribution in [0, 0.1) is 11.8 Å². The van der Waals surface area contributed by atoms with Gasteiger partial charge in [0.1, 0.15) is 5.82 Å². The first kappa shape index (κ1) is 14.8. The summed E-state index contributed by atoms with van der Waals surface area (Å²) in [6.07, 6.45) is 4.85. The lowest BCUT2D eigenvalue weighted by Crippen LogP contribution is -2.48. The minimum Gasteiger partial charge on any atom is -0.378 e. The number of aromatic nitrogens is 3. The van der Waals surface area contributed by atoms with Gasteiger partial charge in [-0.15, -0.1) is 5.10 Å². The Morgan fingerprint density at radius 1 is 1.43 bits per heavy atom. The molecule has 2 heterocycles. The molecule has 0 radical (unpaired) electrons. The lowest BCUT2D eigenvalue weighted by atomic mass is 9.80. The second kappa shape index (κ2) is 6.32. The molecule has 3 N–H and O–H groups in total. The first-order valence-electron chi connectivity index (χ1n) is 8.19. The molecule has 6 heteroatoms. The maximum absolute atomic E-state index is 6.15. The number of hydrogen-bond acceptors (Lipinski definition) is 5. The van der Waals surface area contributed by atoms with Gasteiger partial charge in [-0.3, -0.25) is 5.10 Å². The van der Waals surface area contributed by atoms with Gasteiger partial charge in [0.2, 0.25) is 5.95 Å². The van der Waals surface area contributed by atoms with E-state index < -0.39 is 0 Å². The number of piperidine rings is 1. The fourth-order valence-corrected chi connectivity index (χ4v) is 3.29. The van der Waals surface area contributed by atoms with Gasteiger partial charge in [0.25, 0.3) is 0 Å². The molecule has 2 unspecified atom stereocenters. The van der Waals surface area contributed by atoms with Crippen molar-refractivity contribution in [1.29, 1.82) is 0 Å². The number of nitrogens with zero attached hydrogens (tertiary/aromatic N) is 3. The standard InChI is InChI=1S/C15H27N5O/c1-3-21-12-6-11(7-12)8-14-17-15(19-18-14)20-5-4-10(2)13(16)9-20/h10-13H,3-9,16H2,1-2H3,(H,17,18,19). The van der Waals surface area contributed by atoms with Crippen molar-refractivity contribution >= 4 is 5.95 Å². The number of nitrogens with one attached hydrogen (secondary N) is 1. The SMILES string of the molecule is CCOC1CC(Cc2nc(N3CCC(C)C(N)C3)n[nH]2)C1. The number of H-pyrrole nitrogens is 1. The van der Waals surface area contributed by atoms with E-state index in [9.17, 15) is 0 Å². The van der Waals surface area contributed by atoms with Crippen LogP contribution in [0.15, 0.2) is 0 Å². The zero-order chi connectivity index (χ0) is 14.8. The Hall–Kier alpha value is -1.14. The zero-order valence-electron chi connectivity index (χ0n) is 13.1. The maximum Gasteiger partial charge on any atom is 0.244 e. The molecule has 0 spiro atoms. The summed E-state index contributed by atoms with van der Waals surface area (Å²) in [5.74, 6) is 3.08. The molecule has 0 bridgehead atoms. The Morgan fingerprint density at radius 3 is 2.95 bits per heavy atom. The van der Waals surface area contributed by atoms with Crippen molar-refractivity contribution in [2.45, 2.75) is 51.7 Å². The van der Waals surface area contributed by atoms with E-state index in [2.05, 4.69) is 33.9 Å². The smallest absolute Gasteiger partial charge is 0.244 e. The molecule has 0 aromatic carbocycles. The van der Waals surface area contributed by atoms with Gasteiger partial charge >= 0.3 is 0 Å². The van der Waals surface area contributed by atoms with Crippen LogP contribution >= 0.6 is 0 Å². The van der Waals surface area contributed by atoms with Crippen LogP contribution in [0.25, 0.3) is 0 Å². The highest BCUT2D eigenvalue weighted by Gasteiger charge is 2.31. The first-order valence-corrected chi connectivity index (χ1v) is 8.19. The predicted octanol–water partition coefficient (Wildman–Crippen LogP) is 1.34. The van der Waals surface area contributed by atoms with Crippen molar-refractivity contribution in [3.05, 3.63) is 5.82 Å². The Bertz CT molecular complexity index is 457. The Labute approximate surface area is 126 Å². The van der Waals surface area contributed by atoms with E-state index in [1.54, 1.807) is 0 Å². The molecule has 1 aromatic rings. The summed E-state index contributed by atoms with van der Waals surface area (Å²) in [4.78, 5) is 6.85. The monoisotopic (exact) mass is 293 g/mol. The maximum atomic E-state index is 6.15. The van der Waals surface area contributed by atoms with E-state index >= 15 is 0 Å². The van der Waals surface area contributed by atoms with E-state index in [-0.39, 0.29) is 6.04 Å². The van der Waals surface area contributed by atoms with Gasteiger partial charge < -0.3 is 15.4 Å². The quantitative estimate of drug-likeness (QED) is 0.856. The average Bonchev–Trinajstić information content (AvgIpc) is 2.88. The summed E-state index contributed by atoms with van der Waals surface area (Å²) in [5, 5.41) is 7.46. The third-order valence-corrected chi connectivity index (χ3v) is 4.90. The van der Waals surface area contributed by atoms with E-state index in [0.717, 1.165) is 57.2 Å². The average molecular weight is 293 g/mol. The van der Waals surface area contributed by atoms with Crippen molar-refractivity contribution in [3.8, 4) is 0 Å². The molecule has 0 amide bonds. The first-order chi connectivity index (χ1) is 10.2. The van der Waals surface area contributed by atoms with Gasteiger partial charge in [-0.2, -0.15) is 4.98 Å². The molecule has 6 nitrogen and oxygen atoms in total. The molecule has 1 aromatic heterocycles. The summed E-state index contributed by atoms with van der Waals surface area (Å²) in [6, 6.07) is 0.222. The Kier molecular flexibility index (Phi) is 4.45. The number of anilines is 1. The Morgan fingerprint density at radius 2 is 2.24 bits per heavy atom. The van der Waals surface area contributed by atoms with E-state index in [0.29, 0.717) is 17.9 Å². The highest BCUT2D eigenvalue weighted by atomic mass is 16.5. The molecule has 1 aliphatic carbocycles. The van der Waals surface area contributed by atoms with Crippen molar-refractivity contribution < 1.29 is 4.74 Å². The molecular formula is C15H27N5O. The van der Waals surface area contributed by atoms with E-state index in [1.807, 2.05) is 0 Å². The molecule has 1 saturated carbocycles. The number of ether oxygens (including phenoxy) is 1. The van der Waals surface area contributed by atoms with Crippen LogP contribution in [0.3, 0.4) is 0 Å². The summed E-state index contributed by atoms with van der Waals surface area (Å²) < 4.78 is 5.60. The molecule has 2 atom stereocenters.